The fraction of sp³-hybridized carbons (Fsp3) is 0.100. The number of thiazole rings is 1. The highest BCUT2D eigenvalue weighted by atomic mass is 32.1. The Morgan fingerprint density at radius 3 is 2.69 bits per heavy atom. The van der Waals surface area contributed by atoms with Crippen molar-refractivity contribution in [1.29, 1.82) is 0 Å². The fourth-order valence-electron chi connectivity index (χ4n) is 2.91. The third-order valence-electron chi connectivity index (χ3n) is 4.34. The van der Waals surface area contributed by atoms with Crippen molar-refractivity contribution >= 4 is 33.1 Å². The van der Waals surface area contributed by atoms with Crippen molar-refractivity contribution in [1.82, 2.24) is 14.8 Å². The van der Waals surface area contributed by atoms with Gasteiger partial charge >= 0.3 is 0 Å². The molecule has 0 unspecified atom stereocenters. The number of hydrogen-bond donors (Lipinski definition) is 1. The zero-order valence-electron chi connectivity index (χ0n) is 15.5. The number of anilines is 1. The zero-order valence-corrected chi connectivity index (χ0v) is 16.3. The molecule has 1 N–H and O–H groups in total. The second-order valence-electron chi connectivity index (χ2n) is 6.16. The molecule has 0 bridgehead atoms. The number of aryl methyl sites for hydroxylation is 1. The van der Waals surface area contributed by atoms with E-state index in [1.54, 1.807) is 35.7 Å². The molecule has 29 heavy (non-hydrogen) atoms. The molecule has 2 heterocycles. The van der Waals surface area contributed by atoms with E-state index < -0.39 is 11.7 Å². The number of amides is 1. The van der Waals surface area contributed by atoms with Gasteiger partial charge in [0, 0.05) is 23.4 Å². The van der Waals surface area contributed by atoms with E-state index in [2.05, 4.69) is 15.4 Å². The van der Waals surface area contributed by atoms with E-state index in [0.29, 0.717) is 27.2 Å². The van der Waals surface area contributed by atoms with Gasteiger partial charge in [-0.1, -0.05) is 18.2 Å². The van der Waals surface area contributed by atoms with Crippen LogP contribution in [0, 0.1) is 5.82 Å². The van der Waals surface area contributed by atoms with E-state index in [-0.39, 0.29) is 17.0 Å². The van der Waals surface area contributed by atoms with Crippen LogP contribution >= 0.6 is 11.3 Å². The molecule has 0 fully saturated rings. The molecule has 7 nitrogen and oxygen atoms in total. The normalized spacial score (nSPS) is 10.9. The SMILES string of the molecule is COc1ccc(-c2csc(NC(=O)c3nn(C)c(=O)c4ccccc34)n2)cc1F. The number of hydrogen-bond acceptors (Lipinski definition) is 6. The van der Waals surface area contributed by atoms with Crippen molar-refractivity contribution in [2.45, 2.75) is 0 Å². The van der Waals surface area contributed by atoms with Gasteiger partial charge in [-0.2, -0.15) is 5.10 Å². The van der Waals surface area contributed by atoms with Crippen molar-refractivity contribution in [3.8, 4) is 17.0 Å². The minimum absolute atomic E-state index is 0.120. The molecule has 0 aliphatic carbocycles. The highest BCUT2D eigenvalue weighted by Crippen LogP contribution is 2.28. The minimum Gasteiger partial charge on any atom is -0.494 e. The second kappa shape index (κ2) is 7.44. The van der Waals surface area contributed by atoms with Gasteiger partial charge in [-0.25, -0.2) is 14.1 Å². The zero-order chi connectivity index (χ0) is 20.5. The molecule has 0 spiro atoms. The van der Waals surface area contributed by atoms with E-state index in [4.69, 9.17) is 4.74 Å². The Bertz CT molecular complexity index is 1300. The van der Waals surface area contributed by atoms with Gasteiger partial charge in [0.15, 0.2) is 22.4 Å². The molecular weight excluding hydrogens is 395 g/mol. The van der Waals surface area contributed by atoms with Gasteiger partial charge in [-0.3, -0.25) is 14.9 Å². The number of carbonyl (C=O) groups excluding carboxylic acids is 1. The molecule has 4 aromatic rings. The molecule has 2 aromatic heterocycles. The Kier molecular flexibility index (Phi) is 4.81. The van der Waals surface area contributed by atoms with Crippen molar-refractivity contribution in [2.24, 2.45) is 7.05 Å². The number of carbonyl (C=O) groups is 1. The van der Waals surface area contributed by atoms with Crippen LogP contribution in [0.25, 0.3) is 22.0 Å². The number of nitrogens with zero attached hydrogens (tertiary/aromatic N) is 3. The summed E-state index contributed by atoms with van der Waals surface area (Å²) < 4.78 is 20.0. The number of ether oxygens (including phenoxy) is 1. The smallest absolute Gasteiger partial charge is 0.278 e. The van der Waals surface area contributed by atoms with Crippen LogP contribution in [-0.2, 0) is 7.05 Å². The van der Waals surface area contributed by atoms with Crippen LogP contribution in [0.15, 0.2) is 52.6 Å². The van der Waals surface area contributed by atoms with Crippen LogP contribution < -0.4 is 15.6 Å². The molecule has 0 aliphatic heterocycles. The summed E-state index contributed by atoms with van der Waals surface area (Å²) in [5.74, 6) is -0.840. The maximum atomic E-state index is 13.9. The lowest BCUT2D eigenvalue weighted by Gasteiger charge is -2.07. The molecular formula is C20H15FN4O3S. The standard InChI is InChI=1S/C20H15FN4O3S/c1-25-19(27)13-6-4-3-5-12(13)17(24-25)18(26)23-20-22-15(10-29-20)11-7-8-16(28-2)14(21)9-11/h3-10H,1-2H3,(H,22,23,26). The minimum atomic E-state index is -0.496. The summed E-state index contributed by atoms with van der Waals surface area (Å²) in [5, 5.41) is 9.71. The summed E-state index contributed by atoms with van der Waals surface area (Å²) in [6.07, 6.45) is 0. The van der Waals surface area contributed by atoms with Crippen molar-refractivity contribution < 1.29 is 13.9 Å². The summed E-state index contributed by atoms with van der Waals surface area (Å²) in [5.41, 5.74) is 0.918. The molecule has 1 amide bonds. The molecule has 0 radical (unpaired) electrons. The summed E-state index contributed by atoms with van der Waals surface area (Å²) >= 11 is 1.20. The van der Waals surface area contributed by atoms with E-state index in [0.717, 1.165) is 4.68 Å². The number of halogens is 1. The topological polar surface area (TPSA) is 86.1 Å². The monoisotopic (exact) mass is 410 g/mol. The quantitative estimate of drug-likeness (QED) is 0.557. The van der Waals surface area contributed by atoms with Crippen LogP contribution in [0.2, 0.25) is 0 Å². The Morgan fingerprint density at radius 1 is 1.21 bits per heavy atom. The summed E-state index contributed by atoms with van der Waals surface area (Å²) in [6, 6.07) is 11.3. The van der Waals surface area contributed by atoms with Gasteiger partial charge < -0.3 is 4.74 Å². The highest BCUT2D eigenvalue weighted by Gasteiger charge is 2.17. The Labute approximate surface area is 168 Å². The average molecular weight is 410 g/mol. The third kappa shape index (κ3) is 3.47. The first kappa shape index (κ1) is 18.8. The average Bonchev–Trinajstić information content (AvgIpc) is 3.19. The molecule has 146 valence electrons. The number of nitrogens with one attached hydrogen (secondary N) is 1. The van der Waals surface area contributed by atoms with E-state index in [1.165, 1.54) is 37.6 Å². The lowest BCUT2D eigenvalue weighted by Crippen LogP contribution is -2.25. The first-order valence-electron chi connectivity index (χ1n) is 8.55. The molecule has 4 rings (SSSR count). The predicted molar refractivity (Wildman–Crippen MR) is 109 cm³/mol. The van der Waals surface area contributed by atoms with Crippen molar-refractivity contribution in [3.05, 3.63) is 69.7 Å². The van der Waals surface area contributed by atoms with Gasteiger partial charge in [-0.15, -0.1) is 11.3 Å². The number of fused-ring (bicyclic) bond motifs is 1. The molecule has 0 aliphatic rings. The Hall–Kier alpha value is -3.59. The van der Waals surface area contributed by atoms with Crippen LogP contribution in [-0.4, -0.2) is 27.8 Å². The highest BCUT2D eigenvalue weighted by molar-refractivity contribution is 7.14. The molecule has 0 saturated heterocycles. The van der Waals surface area contributed by atoms with E-state index in [9.17, 15) is 14.0 Å². The van der Waals surface area contributed by atoms with Gasteiger partial charge in [-0.05, 0) is 24.3 Å². The molecule has 0 atom stereocenters. The number of methoxy groups -OCH3 is 1. The van der Waals surface area contributed by atoms with Gasteiger partial charge in [0.25, 0.3) is 11.5 Å². The predicted octanol–water partition coefficient (Wildman–Crippen LogP) is 3.46. The van der Waals surface area contributed by atoms with Gasteiger partial charge in [0.1, 0.15) is 0 Å². The number of aromatic nitrogens is 3. The number of rotatable bonds is 4. The van der Waals surface area contributed by atoms with Crippen molar-refractivity contribution in [3.63, 3.8) is 0 Å². The first-order chi connectivity index (χ1) is 14.0. The number of benzene rings is 2. The largest absolute Gasteiger partial charge is 0.494 e. The fourth-order valence-corrected chi connectivity index (χ4v) is 3.63. The third-order valence-corrected chi connectivity index (χ3v) is 5.10. The lowest BCUT2D eigenvalue weighted by atomic mass is 10.1. The maximum absolute atomic E-state index is 13.9. The van der Waals surface area contributed by atoms with Gasteiger partial charge in [0.2, 0.25) is 0 Å². The van der Waals surface area contributed by atoms with Crippen LogP contribution in [0.5, 0.6) is 5.75 Å². The van der Waals surface area contributed by atoms with Crippen molar-refractivity contribution in [2.75, 3.05) is 12.4 Å². The molecule has 9 heteroatoms. The Morgan fingerprint density at radius 2 is 1.97 bits per heavy atom. The van der Waals surface area contributed by atoms with E-state index in [1.807, 2.05) is 0 Å². The Balaban J connectivity index is 1.64. The summed E-state index contributed by atoms with van der Waals surface area (Å²) in [4.78, 5) is 29.3. The lowest BCUT2D eigenvalue weighted by molar-refractivity contribution is 0.102. The maximum Gasteiger partial charge on any atom is 0.278 e. The molecule has 0 saturated carbocycles. The van der Waals surface area contributed by atoms with Crippen LogP contribution in [0.3, 0.4) is 0 Å². The summed E-state index contributed by atoms with van der Waals surface area (Å²) in [7, 11) is 2.89. The summed E-state index contributed by atoms with van der Waals surface area (Å²) in [6.45, 7) is 0. The second-order valence-corrected chi connectivity index (χ2v) is 7.02. The first-order valence-corrected chi connectivity index (χ1v) is 9.42. The molecule has 2 aromatic carbocycles. The van der Waals surface area contributed by atoms with Crippen LogP contribution in [0.4, 0.5) is 9.52 Å². The van der Waals surface area contributed by atoms with E-state index >= 15 is 0 Å². The van der Waals surface area contributed by atoms with Crippen LogP contribution in [0.1, 0.15) is 10.5 Å². The van der Waals surface area contributed by atoms with Gasteiger partial charge in [0.05, 0.1) is 18.2 Å².